The van der Waals surface area contributed by atoms with Crippen LogP contribution in [0.25, 0.3) is 0 Å². The predicted octanol–water partition coefficient (Wildman–Crippen LogP) is 3.51. The van der Waals surface area contributed by atoms with E-state index in [4.69, 9.17) is 4.74 Å². The quantitative estimate of drug-likeness (QED) is 0.630. The zero-order chi connectivity index (χ0) is 18.4. The second-order valence-electron chi connectivity index (χ2n) is 5.90. The van der Waals surface area contributed by atoms with E-state index in [1.807, 2.05) is 30.3 Å². The summed E-state index contributed by atoms with van der Waals surface area (Å²) in [6.07, 6.45) is -0.00192. The largest absolute Gasteiger partial charge is 0.375 e. The summed E-state index contributed by atoms with van der Waals surface area (Å²) < 4.78 is 18.9. The van der Waals surface area contributed by atoms with Crippen LogP contribution in [0.4, 0.5) is 4.39 Å². The Labute approximate surface area is 152 Å². The van der Waals surface area contributed by atoms with Crippen LogP contribution in [0, 0.1) is 12.7 Å². The van der Waals surface area contributed by atoms with Gasteiger partial charge in [-0.05, 0) is 31.0 Å². The molecule has 0 aliphatic rings. The van der Waals surface area contributed by atoms with Gasteiger partial charge in [0.15, 0.2) is 5.96 Å². The number of ether oxygens (including phenoxy) is 1. The molecule has 0 saturated heterocycles. The molecule has 0 spiro atoms. The number of aliphatic imine (C=N–C) groups is 1. The van der Waals surface area contributed by atoms with E-state index in [0.717, 1.165) is 22.2 Å². The van der Waals surface area contributed by atoms with E-state index >= 15 is 0 Å². The average molecular weight is 364 g/mol. The number of aromatic nitrogens is 1. The Kier molecular flexibility index (Phi) is 6.90. The lowest BCUT2D eigenvalue weighted by atomic mass is 10.1. The van der Waals surface area contributed by atoms with E-state index in [9.17, 15) is 4.39 Å². The molecule has 1 aromatic carbocycles. The molecule has 0 aliphatic heterocycles. The van der Waals surface area contributed by atoms with Gasteiger partial charge >= 0.3 is 0 Å². The normalized spacial score (nSPS) is 13.0. The lowest BCUT2D eigenvalue weighted by Gasteiger charge is -2.21. The number of halogens is 1. The number of methoxy groups -OCH3 is 1. The van der Waals surface area contributed by atoms with Crippen molar-refractivity contribution in [1.29, 1.82) is 0 Å². The second-order valence-corrected chi connectivity index (χ2v) is 6.79. The molecule has 2 rings (SSSR count). The molecule has 1 unspecified atom stereocenters. The number of benzene rings is 1. The minimum Gasteiger partial charge on any atom is -0.375 e. The number of rotatable bonds is 6. The Bertz CT molecular complexity index is 732. The van der Waals surface area contributed by atoms with Gasteiger partial charge in [-0.15, -0.1) is 11.3 Å². The van der Waals surface area contributed by atoms with Gasteiger partial charge in [0.2, 0.25) is 0 Å². The highest BCUT2D eigenvalue weighted by molar-refractivity contribution is 7.09. The van der Waals surface area contributed by atoms with Crippen LogP contribution in [0.3, 0.4) is 0 Å². The van der Waals surface area contributed by atoms with E-state index < -0.39 is 0 Å². The maximum Gasteiger partial charge on any atom is 0.194 e. The molecule has 0 radical (unpaired) electrons. The first-order valence-corrected chi connectivity index (χ1v) is 8.96. The van der Waals surface area contributed by atoms with Gasteiger partial charge < -0.3 is 15.0 Å². The first-order chi connectivity index (χ1) is 11.9. The summed E-state index contributed by atoms with van der Waals surface area (Å²) in [6, 6.07) is 5.25. The van der Waals surface area contributed by atoms with Gasteiger partial charge in [-0.25, -0.2) is 9.37 Å². The molecule has 1 heterocycles. The number of thiazole rings is 1. The summed E-state index contributed by atoms with van der Waals surface area (Å²) in [5.41, 5.74) is 2.49. The van der Waals surface area contributed by atoms with Crippen molar-refractivity contribution < 1.29 is 9.13 Å². The molecule has 5 nitrogen and oxygen atoms in total. The van der Waals surface area contributed by atoms with Gasteiger partial charge in [0, 0.05) is 33.1 Å². The lowest BCUT2D eigenvalue weighted by molar-refractivity contribution is 0.119. The monoisotopic (exact) mass is 364 g/mol. The van der Waals surface area contributed by atoms with Crippen LogP contribution in [0.2, 0.25) is 0 Å². The number of guanidine groups is 1. The number of hydrogen-bond donors (Lipinski definition) is 1. The Morgan fingerprint density at radius 3 is 2.88 bits per heavy atom. The number of hydrogen-bond acceptors (Lipinski definition) is 4. The Morgan fingerprint density at radius 1 is 1.48 bits per heavy atom. The van der Waals surface area contributed by atoms with Crippen molar-refractivity contribution in [3.63, 3.8) is 0 Å². The van der Waals surface area contributed by atoms with Crippen molar-refractivity contribution in [3.8, 4) is 0 Å². The van der Waals surface area contributed by atoms with Gasteiger partial charge in [-0.1, -0.05) is 12.1 Å². The molecule has 0 amide bonds. The number of aryl methyl sites for hydroxylation is 1. The third-order valence-corrected chi connectivity index (χ3v) is 4.98. The first kappa shape index (κ1) is 19.3. The van der Waals surface area contributed by atoms with E-state index in [-0.39, 0.29) is 11.9 Å². The van der Waals surface area contributed by atoms with E-state index in [1.165, 1.54) is 0 Å². The molecule has 7 heteroatoms. The third kappa shape index (κ3) is 5.24. The zero-order valence-electron chi connectivity index (χ0n) is 15.3. The molecule has 0 saturated carbocycles. The number of nitrogens with one attached hydrogen (secondary N) is 1. The van der Waals surface area contributed by atoms with Crippen molar-refractivity contribution in [2.45, 2.75) is 33.0 Å². The van der Waals surface area contributed by atoms with Crippen molar-refractivity contribution in [2.24, 2.45) is 4.99 Å². The summed E-state index contributed by atoms with van der Waals surface area (Å²) in [7, 11) is 5.36. The molecule has 1 N–H and O–H groups in total. The highest BCUT2D eigenvalue weighted by Gasteiger charge is 2.12. The maximum absolute atomic E-state index is 13.6. The molecular weight excluding hydrogens is 339 g/mol. The predicted molar refractivity (Wildman–Crippen MR) is 100 cm³/mol. The Balaban J connectivity index is 1.95. The molecule has 2 aromatic rings. The fraction of sp³-hybridized carbons (Fsp3) is 0.444. The van der Waals surface area contributed by atoms with E-state index in [0.29, 0.717) is 18.7 Å². The molecular formula is C18H25FN4OS. The summed E-state index contributed by atoms with van der Waals surface area (Å²) in [6.45, 7) is 4.88. The van der Waals surface area contributed by atoms with Crippen LogP contribution < -0.4 is 5.32 Å². The van der Waals surface area contributed by atoms with Crippen LogP contribution in [0.1, 0.15) is 34.9 Å². The molecule has 0 fully saturated rings. The topological polar surface area (TPSA) is 49.8 Å². The molecule has 1 aromatic heterocycles. The first-order valence-electron chi connectivity index (χ1n) is 8.08. The molecule has 1 atom stereocenters. The van der Waals surface area contributed by atoms with E-state index in [1.54, 1.807) is 44.6 Å². The second kappa shape index (κ2) is 8.92. The van der Waals surface area contributed by atoms with Crippen LogP contribution in [-0.4, -0.2) is 37.0 Å². The number of nitrogens with zero attached hydrogens (tertiary/aromatic N) is 3. The zero-order valence-corrected chi connectivity index (χ0v) is 16.2. The summed E-state index contributed by atoms with van der Waals surface area (Å²) in [5, 5.41) is 6.25. The van der Waals surface area contributed by atoms with Gasteiger partial charge in [0.05, 0.1) is 12.2 Å². The van der Waals surface area contributed by atoms with Crippen LogP contribution >= 0.6 is 11.3 Å². The minimum absolute atomic E-state index is 0.00192. The van der Waals surface area contributed by atoms with Gasteiger partial charge in [-0.3, -0.25) is 4.99 Å². The Morgan fingerprint density at radius 2 is 2.24 bits per heavy atom. The molecule has 0 aliphatic carbocycles. The standard InChI is InChI=1S/C18H25FN4OS/c1-12-6-7-14(8-16(12)19)9-21-18(20-3)23(4)10-15-11-25-17(22-15)13(2)24-5/h6-8,11,13H,9-10H2,1-5H3,(H,20,21). The van der Waals surface area contributed by atoms with Crippen molar-refractivity contribution in [2.75, 3.05) is 21.2 Å². The highest BCUT2D eigenvalue weighted by Crippen LogP contribution is 2.21. The fourth-order valence-corrected chi connectivity index (χ4v) is 3.15. The lowest BCUT2D eigenvalue weighted by Crippen LogP contribution is -2.38. The van der Waals surface area contributed by atoms with Crippen LogP contribution in [-0.2, 0) is 17.8 Å². The maximum atomic E-state index is 13.6. The Hall–Kier alpha value is -1.99. The van der Waals surface area contributed by atoms with Gasteiger partial charge in [0.25, 0.3) is 0 Å². The van der Waals surface area contributed by atoms with Crippen molar-refractivity contribution in [1.82, 2.24) is 15.2 Å². The third-order valence-electron chi connectivity index (χ3n) is 3.93. The molecule has 0 bridgehead atoms. The van der Waals surface area contributed by atoms with Crippen LogP contribution in [0.15, 0.2) is 28.6 Å². The van der Waals surface area contributed by atoms with Gasteiger partial charge in [-0.2, -0.15) is 0 Å². The molecule has 136 valence electrons. The van der Waals surface area contributed by atoms with Gasteiger partial charge in [0.1, 0.15) is 16.9 Å². The smallest absolute Gasteiger partial charge is 0.194 e. The highest BCUT2D eigenvalue weighted by atomic mass is 32.1. The SMILES string of the molecule is CN=C(NCc1ccc(C)c(F)c1)N(C)Cc1csc(C(C)OC)n1. The average Bonchev–Trinajstić information content (AvgIpc) is 3.06. The minimum atomic E-state index is -0.190. The summed E-state index contributed by atoms with van der Waals surface area (Å²) in [5.74, 6) is 0.542. The molecule has 25 heavy (non-hydrogen) atoms. The van der Waals surface area contributed by atoms with Crippen molar-refractivity contribution in [3.05, 3.63) is 51.2 Å². The van der Waals surface area contributed by atoms with Crippen molar-refractivity contribution >= 4 is 17.3 Å². The summed E-state index contributed by atoms with van der Waals surface area (Å²) in [4.78, 5) is 10.9. The summed E-state index contributed by atoms with van der Waals surface area (Å²) >= 11 is 1.59. The fourth-order valence-electron chi connectivity index (χ4n) is 2.31. The van der Waals surface area contributed by atoms with E-state index in [2.05, 4.69) is 15.3 Å². The van der Waals surface area contributed by atoms with Crippen LogP contribution in [0.5, 0.6) is 0 Å².